The van der Waals surface area contributed by atoms with Gasteiger partial charge >= 0.3 is 0 Å². The number of carbonyl (C=O) groups excluding carboxylic acids is 1. The number of hydrogen-bond donors (Lipinski definition) is 0. The molecule has 3 nitrogen and oxygen atoms in total. The average molecular weight is 328 g/mol. The topological polar surface area (TPSA) is 23.6 Å². The highest BCUT2D eigenvalue weighted by atomic mass is 32.1. The van der Waals surface area contributed by atoms with Crippen LogP contribution in [0.15, 0.2) is 35.7 Å². The van der Waals surface area contributed by atoms with Crippen molar-refractivity contribution in [1.29, 1.82) is 0 Å². The van der Waals surface area contributed by atoms with Crippen molar-refractivity contribution in [2.75, 3.05) is 27.2 Å². The number of hydrogen-bond acceptors (Lipinski definition) is 3. The fourth-order valence-electron chi connectivity index (χ4n) is 3.18. The molecule has 1 aliphatic rings. The number of likely N-dealkylation sites (N-methyl/N-ethyl adjacent to an activating group) is 1. The molecule has 0 bridgehead atoms. The predicted octanol–water partition coefficient (Wildman–Crippen LogP) is 3.89. The summed E-state index contributed by atoms with van der Waals surface area (Å²) in [6.45, 7) is 3.83. The van der Waals surface area contributed by atoms with E-state index in [4.69, 9.17) is 0 Å². The number of aryl methyl sites for hydroxylation is 1. The first kappa shape index (κ1) is 16.2. The number of carbonyl (C=O) groups is 1. The summed E-state index contributed by atoms with van der Waals surface area (Å²) < 4.78 is 0. The Labute approximate surface area is 142 Å². The third-order valence-electron chi connectivity index (χ3n) is 4.67. The van der Waals surface area contributed by atoms with E-state index in [9.17, 15) is 4.79 Å². The van der Waals surface area contributed by atoms with Crippen LogP contribution in [0.5, 0.6) is 0 Å². The first-order chi connectivity index (χ1) is 11.1. The third kappa shape index (κ3) is 3.48. The molecule has 23 heavy (non-hydrogen) atoms. The summed E-state index contributed by atoms with van der Waals surface area (Å²) >= 11 is 1.75. The molecule has 0 radical (unpaired) electrons. The van der Waals surface area contributed by atoms with Gasteiger partial charge in [0, 0.05) is 29.6 Å². The Morgan fingerprint density at radius 2 is 1.96 bits per heavy atom. The highest BCUT2D eigenvalue weighted by molar-refractivity contribution is 7.13. The summed E-state index contributed by atoms with van der Waals surface area (Å²) in [4.78, 5) is 18.3. The maximum atomic E-state index is 12.7. The second kappa shape index (κ2) is 6.85. The van der Waals surface area contributed by atoms with Crippen LogP contribution < -0.4 is 0 Å². The summed E-state index contributed by atoms with van der Waals surface area (Å²) in [5.74, 6) is 0.158. The molecule has 1 atom stereocenters. The van der Waals surface area contributed by atoms with Crippen LogP contribution in [0.4, 0.5) is 0 Å². The van der Waals surface area contributed by atoms with Crippen LogP contribution in [0.1, 0.15) is 28.8 Å². The monoisotopic (exact) mass is 328 g/mol. The summed E-state index contributed by atoms with van der Waals surface area (Å²) in [5, 5.41) is 2.11. The number of likely N-dealkylation sites (tertiary alicyclic amines) is 1. The Kier molecular flexibility index (Phi) is 4.83. The number of piperidine rings is 1. The summed E-state index contributed by atoms with van der Waals surface area (Å²) in [5.41, 5.74) is 3.28. The van der Waals surface area contributed by atoms with Gasteiger partial charge in [-0.1, -0.05) is 12.1 Å². The van der Waals surface area contributed by atoms with E-state index in [0.29, 0.717) is 6.04 Å². The Morgan fingerprint density at radius 1 is 1.22 bits per heavy atom. The molecule has 0 saturated carbocycles. The van der Waals surface area contributed by atoms with Crippen molar-refractivity contribution in [2.45, 2.75) is 25.8 Å². The van der Waals surface area contributed by atoms with Gasteiger partial charge in [-0.25, -0.2) is 0 Å². The maximum Gasteiger partial charge on any atom is 0.253 e. The molecule has 0 unspecified atom stereocenters. The quantitative estimate of drug-likeness (QED) is 0.853. The van der Waals surface area contributed by atoms with E-state index in [0.717, 1.165) is 25.1 Å². The minimum Gasteiger partial charge on any atom is -0.337 e. The molecule has 3 rings (SSSR count). The van der Waals surface area contributed by atoms with Gasteiger partial charge in [0.15, 0.2) is 0 Å². The lowest BCUT2D eigenvalue weighted by atomic mass is 10.0. The molecular weight excluding hydrogens is 304 g/mol. The first-order valence-electron chi connectivity index (χ1n) is 8.16. The lowest BCUT2D eigenvalue weighted by molar-refractivity contribution is 0.0635. The first-order valence-corrected chi connectivity index (χ1v) is 9.04. The highest BCUT2D eigenvalue weighted by Gasteiger charge is 2.25. The van der Waals surface area contributed by atoms with Gasteiger partial charge < -0.3 is 9.80 Å². The van der Waals surface area contributed by atoms with Crippen molar-refractivity contribution in [2.24, 2.45) is 0 Å². The predicted molar refractivity (Wildman–Crippen MR) is 97.1 cm³/mol. The van der Waals surface area contributed by atoms with E-state index >= 15 is 0 Å². The smallest absolute Gasteiger partial charge is 0.253 e. The molecule has 2 aromatic rings. The van der Waals surface area contributed by atoms with Gasteiger partial charge in [-0.2, -0.15) is 0 Å². The zero-order valence-electron chi connectivity index (χ0n) is 14.1. The number of rotatable bonds is 3. The molecule has 1 aliphatic heterocycles. The standard InChI is InChI=1S/C19H24N2OS/c1-14-10-12-23-18(14)15-6-8-16(9-7-15)19(22)21-11-4-5-17(13-21)20(2)3/h6-10,12,17H,4-5,11,13H2,1-3H3/t17-/m1/s1. The normalized spacial score (nSPS) is 18.4. The lowest BCUT2D eigenvalue weighted by Gasteiger charge is -2.36. The van der Waals surface area contributed by atoms with Gasteiger partial charge in [0.2, 0.25) is 0 Å². The number of thiophene rings is 1. The highest BCUT2D eigenvalue weighted by Crippen LogP contribution is 2.29. The van der Waals surface area contributed by atoms with Gasteiger partial charge in [-0.3, -0.25) is 4.79 Å². The van der Waals surface area contributed by atoms with Crippen LogP contribution in [0.3, 0.4) is 0 Å². The molecule has 2 heterocycles. The SMILES string of the molecule is Cc1ccsc1-c1ccc(C(=O)N2CCC[C@@H](N(C)C)C2)cc1. The van der Waals surface area contributed by atoms with Crippen molar-refractivity contribution in [3.05, 3.63) is 46.8 Å². The Hall–Kier alpha value is -1.65. The van der Waals surface area contributed by atoms with Crippen molar-refractivity contribution < 1.29 is 4.79 Å². The Balaban J connectivity index is 1.74. The molecule has 1 aromatic carbocycles. The number of amides is 1. The molecule has 4 heteroatoms. The summed E-state index contributed by atoms with van der Waals surface area (Å²) in [6, 6.07) is 10.7. The fourth-order valence-corrected chi connectivity index (χ4v) is 4.11. The Bertz CT molecular complexity index is 675. The molecule has 0 spiro atoms. The van der Waals surface area contributed by atoms with Crippen molar-refractivity contribution >= 4 is 17.2 Å². The Morgan fingerprint density at radius 3 is 2.57 bits per heavy atom. The minimum absolute atomic E-state index is 0.158. The molecular formula is C19H24N2OS. The largest absolute Gasteiger partial charge is 0.337 e. The van der Waals surface area contributed by atoms with Gasteiger partial charge in [0.25, 0.3) is 5.91 Å². The van der Waals surface area contributed by atoms with Crippen LogP contribution in [-0.4, -0.2) is 48.9 Å². The van der Waals surface area contributed by atoms with E-state index in [1.165, 1.54) is 22.4 Å². The summed E-state index contributed by atoms with van der Waals surface area (Å²) in [7, 11) is 4.19. The fraction of sp³-hybridized carbons (Fsp3) is 0.421. The van der Waals surface area contributed by atoms with Gasteiger partial charge in [0.05, 0.1) is 0 Å². The van der Waals surface area contributed by atoms with E-state index < -0.39 is 0 Å². The van der Waals surface area contributed by atoms with Gasteiger partial charge in [-0.15, -0.1) is 11.3 Å². The molecule has 1 amide bonds. The lowest BCUT2D eigenvalue weighted by Crippen LogP contribution is -2.47. The van der Waals surface area contributed by atoms with Crippen LogP contribution in [-0.2, 0) is 0 Å². The molecule has 1 aromatic heterocycles. The van der Waals surface area contributed by atoms with Crippen LogP contribution in [0.25, 0.3) is 10.4 Å². The third-order valence-corrected chi connectivity index (χ3v) is 5.74. The van der Waals surface area contributed by atoms with E-state index in [-0.39, 0.29) is 5.91 Å². The maximum absolute atomic E-state index is 12.7. The van der Waals surface area contributed by atoms with Crippen LogP contribution in [0, 0.1) is 6.92 Å². The van der Waals surface area contributed by atoms with Crippen LogP contribution >= 0.6 is 11.3 Å². The minimum atomic E-state index is 0.158. The van der Waals surface area contributed by atoms with Gasteiger partial charge in [-0.05, 0) is 68.6 Å². The molecule has 0 aliphatic carbocycles. The average Bonchev–Trinajstić information content (AvgIpc) is 3.00. The molecule has 0 N–H and O–H groups in total. The van der Waals surface area contributed by atoms with E-state index in [1.807, 2.05) is 17.0 Å². The molecule has 1 saturated heterocycles. The van der Waals surface area contributed by atoms with Crippen molar-refractivity contribution in [3.8, 4) is 10.4 Å². The van der Waals surface area contributed by atoms with Crippen LogP contribution in [0.2, 0.25) is 0 Å². The zero-order chi connectivity index (χ0) is 16.4. The van der Waals surface area contributed by atoms with E-state index in [2.05, 4.69) is 49.5 Å². The van der Waals surface area contributed by atoms with Crippen molar-refractivity contribution in [3.63, 3.8) is 0 Å². The summed E-state index contributed by atoms with van der Waals surface area (Å²) in [6.07, 6.45) is 2.26. The second-order valence-electron chi connectivity index (χ2n) is 6.52. The van der Waals surface area contributed by atoms with Crippen molar-refractivity contribution in [1.82, 2.24) is 9.80 Å². The number of benzene rings is 1. The molecule has 1 fully saturated rings. The second-order valence-corrected chi connectivity index (χ2v) is 7.44. The van der Waals surface area contributed by atoms with E-state index in [1.54, 1.807) is 11.3 Å². The molecule has 122 valence electrons. The van der Waals surface area contributed by atoms with Gasteiger partial charge in [0.1, 0.15) is 0 Å². The zero-order valence-corrected chi connectivity index (χ0v) is 14.9. The number of nitrogens with zero attached hydrogens (tertiary/aromatic N) is 2.